The van der Waals surface area contributed by atoms with Crippen molar-refractivity contribution in [2.45, 2.75) is 26.7 Å². The second kappa shape index (κ2) is 7.76. The molecule has 0 atom stereocenters. The zero-order valence-electron chi connectivity index (χ0n) is 7.47. The molecular formula is C9H18O2. The van der Waals surface area contributed by atoms with Crippen molar-refractivity contribution in [1.82, 2.24) is 0 Å². The maximum absolute atomic E-state index is 8.64. The van der Waals surface area contributed by atoms with E-state index in [0.717, 1.165) is 31.6 Å². The summed E-state index contributed by atoms with van der Waals surface area (Å²) in [4.78, 5) is 0. The van der Waals surface area contributed by atoms with Gasteiger partial charge in [0.2, 0.25) is 0 Å². The molecule has 0 aromatic rings. The molecule has 0 bridgehead atoms. The number of hydrogen-bond acceptors (Lipinski definition) is 2. The highest BCUT2D eigenvalue weighted by Gasteiger charge is 1.86. The Hall–Kier alpha value is -0.340. The van der Waals surface area contributed by atoms with Crippen LogP contribution in [0.4, 0.5) is 0 Å². The van der Waals surface area contributed by atoms with Crippen molar-refractivity contribution in [3.05, 3.63) is 11.6 Å². The molecule has 0 aliphatic carbocycles. The molecule has 0 saturated carbocycles. The van der Waals surface area contributed by atoms with Crippen LogP contribution in [0.15, 0.2) is 11.6 Å². The van der Waals surface area contributed by atoms with Crippen molar-refractivity contribution in [1.29, 1.82) is 0 Å². The van der Waals surface area contributed by atoms with Gasteiger partial charge in [0.25, 0.3) is 0 Å². The average molecular weight is 158 g/mol. The third-order valence-electron chi connectivity index (χ3n) is 1.44. The van der Waals surface area contributed by atoms with Crippen LogP contribution in [0, 0.1) is 0 Å². The van der Waals surface area contributed by atoms with Gasteiger partial charge in [0.15, 0.2) is 0 Å². The number of hydrogen-bond donors (Lipinski definition) is 1. The summed E-state index contributed by atoms with van der Waals surface area (Å²) in [6, 6.07) is 0. The first kappa shape index (κ1) is 10.7. The largest absolute Gasteiger partial charge is 0.392 e. The second-order valence-corrected chi connectivity index (χ2v) is 2.55. The minimum Gasteiger partial charge on any atom is -0.392 e. The fourth-order valence-corrected chi connectivity index (χ4v) is 0.743. The van der Waals surface area contributed by atoms with Crippen LogP contribution >= 0.6 is 0 Å². The number of aliphatic hydroxyl groups is 1. The van der Waals surface area contributed by atoms with Gasteiger partial charge in [-0.15, -0.1) is 0 Å². The Labute approximate surface area is 68.9 Å². The lowest BCUT2D eigenvalue weighted by Crippen LogP contribution is -1.92. The van der Waals surface area contributed by atoms with E-state index in [1.807, 2.05) is 13.8 Å². The lowest BCUT2D eigenvalue weighted by Gasteiger charge is -1.98. The summed E-state index contributed by atoms with van der Waals surface area (Å²) in [7, 11) is 0. The predicted molar refractivity (Wildman–Crippen MR) is 46.6 cm³/mol. The molecule has 0 aromatic heterocycles. The summed E-state index contributed by atoms with van der Waals surface area (Å²) in [5, 5.41) is 8.64. The summed E-state index contributed by atoms with van der Waals surface area (Å²) in [5.41, 5.74) is 1.04. The van der Waals surface area contributed by atoms with E-state index in [2.05, 4.69) is 6.08 Å². The smallest absolute Gasteiger partial charge is 0.0639 e. The molecule has 0 aliphatic rings. The zero-order chi connectivity index (χ0) is 8.53. The molecule has 2 nitrogen and oxygen atoms in total. The van der Waals surface area contributed by atoms with Crippen LogP contribution in [-0.2, 0) is 4.74 Å². The van der Waals surface area contributed by atoms with Crippen LogP contribution in [0.1, 0.15) is 26.7 Å². The van der Waals surface area contributed by atoms with E-state index in [-0.39, 0.29) is 6.61 Å². The first-order chi connectivity index (χ1) is 5.31. The number of rotatable bonds is 6. The van der Waals surface area contributed by atoms with E-state index in [1.165, 1.54) is 0 Å². The number of ether oxygens (including phenoxy) is 1. The first-order valence-electron chi connectivity index (χ1n) is 4.15. The van der Waals surface area contributed by atoms with Gasteiger partial charge in [-0.2, -0.15) is 0 Å². The monoisotopic (exact) mass is 158 g/mol. The average Bonchev–Trinajstić information content (AvgIpc) is 2.04. The lowest BCUT2D eigenvalue weighted by atomic mass is 10.2. The van der Waals surface area contributed by atoms with Crippen molar-refractivity contribution >= 4 is 0 Å². The Morgan fingerprint density at radius 3 is 2.82 bits per heavy atom. The molecule has 11 heavy (non-hydrogen) atoms. The fourth-order valence-electron chi connectivity index (χ4n) is 0.743. The molecule has 0 fully saturated rings. The van der Waals surface area contributed by atoms with Gasteiger partial charge >= 0.3 is 0 Å². The van der Waals surface area contributed by atoms with Crippen molar-refractivity contribution in [2.75, 3.05) is 19.8 Å². The third-order valence-corrected chi connectivity index (χ3v) is 1.44. The van der Waals surface area contributed by atoms with Crippen LogP contribution in [0.5, 0.6) is 0 Å². The summed E-state index contributed by atoms with van der Waals surface area (Å²) in [5.74, 6) is 0. The summed E-state index contributed by atoms with van der Waals surface area (Å²) < 4.78 is 5.16. The van der Waals surface area contributed by atoms with E-state index in [4.69, 9.17) is 9.84 Å². The zero-order valence-corrected chi connectivity index (χ0v) is 7.47. The Balaban J connectivity index is 3.12. The molecule has 2 heteroatoms. The molecule has 0 aromatic carbocycles. The van der Waals surface area contributed by atoms with Gasteiger partial charge in [-0.3, -0.25) is 0 Å². The van der Waals surface area contributed by atoms with E-state index < -0.39 is 0 Å². The second-order valence-electron chi connectivity index (χ2n) is 2.55. The lowest BCUT2D eigenvalue weighted by molar-refractivity contribution is 0.145. The van der Waals surface area contributed by atoms with E-state index >= 15 is 0 Å². The third kappa shape index (κ3) is 7.56. The number of aliphatic hydroxyl groups excluding tert-OH is 1. The van der Waals surface area contributed by atoms with Gasteiger partial charge in [-0.25, -0.2) is 0 Å². The van der Waals surface area contributed by atoms with Gasteiger partial charge in [0, 0.05) is 13.2 Å². The SMILES string of the molecule is CCOCCC/C=C(/C)CO. The van der Waals surface area contributed by atoms with E-state index in [1.54, 1.807) is 0 Å². The molecule has 0 amide bonds. The highest BCUT2D eigenvalue weighted by Crippen LogP contribution is 1.97. The molecule has 66 valence electrons. The molecule has 0 rings (SSSR count). The Kier molecular flexibility index (Phi) is 7.52. The topological polar surface area (TPSA) is 29.5 Å². The quantitative estimate of drug-likeness (QED) is 0.471. The molecule has 0 aliphatic heterocycles. The van der Waals surface area contributed by atoms with Crippen LogP contribution in [0.25, 0.3) is 0 Å². The molecule has 0 radical (unpaired) electrons. The minimum atomic E-state index is 0.175. The van der Waals surface area contributed by atoms with Crippen LogP contribution in [-0.4, -0.2) is 24.9 Å². The standard InChI is InChI=1S/C9H18O2/c1-3-11-7-5-4-6-9(2)8-10/h6,10H,3-5,7-8H2,1-2H3/b9-6-. The van der Waals surface area contributed by atoms with Crippen LogP contribution in [0.3, 0.4) is 0 Å². The predicted octanol–water partition coefficient (Wildman–Crippen LogP) is 1.74. The normalized spacial score (nSPS) is 12.1. The van der Waals surface area contributed by atoms with Crippen molar-refractivity contribution in [3.63, 3.8) is 0 Å². The molecule has 1 N–H and O–H groups in total. The van der Waals surface area contributed by atoms with Crippen molar-refractivity contribution in [2.24, 2.45) is 0 Å². The Morgan fingerprint density at radius 2 is 2.27 bits per heavy atom. The van der Waals surface area contributed by atoms with Crippen LogP contribution < -0.4 is 0 Å². The Morgan fingerprint density at radius 1 is 1.55 bits per heavy atom. The maximum atomic E-state index is 8.64. The summed E-state index contributed by atoms with van der Waals surface area (Å²) in [6.07, 6.45) is 4.11. The molecule has 0 unspecified atom stereocenters. The first-order valence-corrected chi connectivity index (χ1v) is 4.15. The highest BCUT2D eigenvalue weighted by atomic mass is 16.5. The van der Waals surface area contributed by atoms with Crippen molar-refractivity contribution in [3.8, 4) is 0 Å². The van der Waals surface area contributed by atoms with Crippen LogP contribution in [0.2, 0.25) is 0 Å². The minimum absolute atomic E-state index is 0.175. The number of allylic oxidation sites excluding steroid dienone is 1. The highest BCUT2D eigenvalue weighted by molar-refractivity contribution is 4.97. The van der Waals surface area contributed by atoms with E-state index in [0.29, 0.717) is 0 Å². The molecular weight excluding hydrogens is 140 g/mol. The summed E-state index contributed by atoms with van der Waals surface area (Å²) in [6.45, 7) is 5.72. The van der Waals surface area contributed by atoms with Gasteiger partial charge in [-0.1, -0.05) is 11.6 Å². The van der Waals surface area contributed by atoms with Gasteiger partial charge in [-0.05, 0) is 26.7 Å². The Bertz CT molecular complexity index is 108. The maximum Gasteiger partial charge on any atom is 0.0639 e. The summed E-state index contributed by atoms with van der Waals surface area (Å²) >= 11 is 0. The molecule has 0 heterocycles. The molecule has 0 saturated heterocycles. The van der Waals surface area contributed by atoms with Gasteiger partial charge < -0.3 is 9.84 Å². The van der Waals surface area contributed by atoms with E-state index in [9.17, 15) is 0 Å². The van der Waals surface area contributed by atoms with Crippen molar-refractivity contribution < 1.29 is 9.84 Å². The van der Waals surface area contributed by atoms with Gasteiger partial charge in [0.1, 0.15) is 0 Å². The molecule has 0 spiro atoms. The fraction of sp³-hybridized carbons (Fsp3) is 0.778. The number of unbranched alkanes of at least 4 members (excludes halogenated alkanes) is 1. The van der Waals surface area contributed by atoms with Gasteiger partial charge in [0.05, 0.1) is 6.61 Å².